The van der Waals surface area contributed by atoms with E-state index in [1.807, 2.05) is 12.1 Å². The van der Waals surface area contributed by atoms with Gasteiger partial charge in [-0.1, -0.05) is 70.2 Å². The van der Waals surface area contributed by atoms with E-state index < -0.39 is 41.7 Å². The average Bonchev–Trinajstić information content (AvgIpc) is 2.75. The highest BCUT2D eigenvalue weighted by molar-refractivity contribution is 6.12. The maximum atomic E-state index is 12.9. The quantitative estimate of drug-likeness (QED) is 0.178. The van der Waals surface area contributed by atoms with Crippen LogP contribution in [0.4, 0.5) is 0 Å². The zero-order chi connectivity index (χ0) is 24.1. The molecular formula is C25H37NO6. The lowest BCUT2D eigenvalue weighted by Gasteiger charge is -2.28. The summed E-state index contributed by atoms with van der Waals surface area (Å²) in [6, 6.07) is 6.96. The van der Waals surface area contributed by atoms with Gasteiger partial charge in [-0.3, -0.25) is 9.59 Å². The van der Waals surface area contributed by atoms with E-state index in [-0.39, 0.29) is 5.56 Å². The zero-order valence-electron chi connectivity index (χ0n) is 19.7. The van der Waals surface area contributed by atoms with E-state index in [0.29, 0.717) is 6.42 Å². The fourth-order valence-electron chi connectivity index (χ4n) is 3.36. The second-order valence-electron chi connectivity index (χ2n) is 8.33. The predicted molar refractivity (Wildman–Crippen MR) is 122 cm³/mol. The van der Waals surface area contributed by atoms with Crippen LogP contribution in [0.15, 0.2) is 24.3 Å². The highest BCUT2D eigenvalue weighted by Crippen LogP contribution is 2.20. The first-order chi connectivity index (χ1) is 15.2. The molecule has 1 aromatic carbocycles. The third kappa shape index (κ3) is 8.44. The van der Waals surface area contributed by atoms with Crippen molar-refractivity contribution in [1.29, 1.82) is 0 Å². The Kier molecular flexibility index (Phi) is 11.7. The second kappa shape index (κ2) is 13.7. The highest BCUT2D eigenvalue weighted by atomic mass is 16.5. The first kappa shape index (κ1) is 27.3. The van der Waals surface area contributed by atoms with Crippen molar-refractivity contribution in [1.82, 2.24) is 5.32 Å². The summed E-state index contributed by atoms with van der Waals surface area (Å²) in [6.45, 7) is 6.67. The Morgan fingerprint density at radius 2 is 1.59 bits per heavy atom. The largest absolute Gasteiger partial charge is 0.479 e. The van der Waals surface area contributed by atoms with Gasteiger partial charge in [-0.25, -0.2) is 9.59 Å². The summed E-state index contributed by atoms with van der Waals surface area (Å²) in [5, 5.41) is 11.9. The normalized spacial score (nSPS) is 13.6. The topological polar surface area (TPSA) is 110 Å². The number of aryl methyl sites for hydroxylation is 1. The minimum atomic E-state index is -2.47. The van der Waals surface area contributed by atoms with E-state index in [1.165, 1.54) is 25.7 Å². The summed E-state index contributed by atoms with van der Waals surface area (Å²) in [5.41, 5.74) is -1.09. The Morgan fingerprint density at radius 1 is 1.00 bits per heavy atom. The molecule has 1 aromatic rings. The molecule has 32 heavy (non-hydrogen) atoms. The fourth-order valence-corrected chi connectivity index (χ4v) is 3.36. The van der Waals surface area contributed by atoms with Crippen molar-refractivity contribution in [2.75, 3.05) is 0 Å². The number of carboxylic acid groups (broad SMARTS) is 1. The number of hydrogen-bond donors (Lipinski definition) is 2. The third-order valence-electron chi connectivity index (χ3n) is 5.51. The van der Waals surface area contributed by atoms with Gasteiger partial charge in [-0.2, -0.15) is 0 Å². The lowest BCUT2D eigenvalue weighted by molar-refractivity contribution is -0.168. The summed E-state index contributed by atoms with van der Waals surface area (Å²) in [7, 11) is 0. The molecule has 2 atom stereocenters. The van der Waals surface area contributed by atoms with Crippen LogP contribution in [-0.2, 0) is 25.5 Å². The van der Waals surface area contributed by atoms with Crippen molar-refractivity contribution in [3.05, 3.63) is 35.4 Å². The van der Waals surface area contributed by atoms with Crippen LogP contribution in [0, 0.1) is 0 Å². The number of amides is 1. The third-order valence-corrected chi connectivity index (χ3v) is 5.51. The van der Waals surface area contributed by atoms with Crippen LogP contribution in [0.2, 0.25) is 0 Å². The monoisotopic (exact) mass is 447 g/mol. The molecule has 178 valence electrons. The van der Waals surface area contributed by atoms with Gasteiger partial charge in [0, 0.05) is 12.5 Å². The molecule has 1 rings (SSSR count). The number of aliphatic carboxylic acids is 1. The molecule has 0 saturated heterocycles. The number of rotatable bonds is 15. The molecular weight excluding hydrogens is 410 g/mol. The first-order valence-corrected chi connectivity index (χ1v) is 11.5. The number of benzene rings is 1. The molecule has 0 saturated carbocycles. The maximum absolute atomic E-state index is 12.9. The van der Waals surface area contributed by atoms with Crippen LogP contribution < -0.4 is 5.32 Å². The summed E-state index contributed by atoms with van der Waals surface area (Å²) in [6.07, 6.45) is 7.29. The molecule has 2 unspecified atom stereocenters. The maximum Gasteiger partial charge on any atom is 0.344 e. The summed E-state index contributed by atoms with van der Waals surface area (Å²) >= 11 is 0. The van der Waals surface area contributed by atoms with Gasteiger partial charge in [-0.05, 0) is 31.7 Å². The van der Waals surface area contributed by atoms with Crippen molar-refractivity contribution >= 4 is 23.6 Å². The minimum Gasteiger partial charge on any atom is -0.479 e. The number of ketones is 1. The van der Waals surface area contributed by atoms with E-state index in [2.05, 4.69) is 12.2 Å². The second-order valence-corrected chi connectivity index (χ2v) is 8.33. The van der Waals surface area contributed by atoms with Crippen LogP contribution >= 0.6 is 0 Å². The van der Waals surface area contributed by atoms with Crippen LogP contribution in [0.5, 0.6) is 0 Å². The lowest BCUT2D eigenvalue weighted by atomic mass is 9.89. The molecule has 7 heteroatoms. The molecule has 0 aliphatic carbocycles. The molecule has 0 aromatic heterocycles. The van der Waals surface area contributed by atoms with Crippen molar-refractivity contribution < 1.29 is 29.0 Å². The van der Waals surface area contributed by atoms with E-state index in [9.17, 15) is 24.3 Å². The van der Waals surface area contributed by atoms with Crippen LogP contribution in [-0.4, -0.2) is 40.4 Å². The van der Waals surface area contributed by atoms with Gasteiger partial charge in [0.1, 0.15) is 0 Å². The van der Waals surface area contributed by atoms with Gasteiger partial charge >= 0.3 is 11.9 Å². The Hall–Kier alpha value is -2.70. The lowest BCUT2D eigenvalue weighted by Crippen LogP contribution is -2.61. The molecule has 0 bridgehead atoms. The van der Waals surface area contributed by atoms with Crippen molar-refractivity contribution in [3.8, 4) is 0 Å². The first-order valence-electron chi connectivity index (χ1n) is 11.5. The van der Waals surface area contributed by atoms with E-state index in [4.69, 9.17) is 4.74 Å². The Labute approximate surface area is 190 Å². The molecule has 1 amide bonds. The van der Waals surface area contributed by atoms with Gasteiger partial charge < -0.3 is 15.2 Å². The molecule has 0 spiro atoms. The summed E-state index contributed by atoms with van der Waals surface area (Å²) in [4.78, 5) is 49.2. The van der Waals surface area contributed by atoms with Gasteiger partial charge in [0.15, 0.2) is 5.78 Å². The Bertz CT molecular complexity index is 773. The number of nitrogens with one attached hydrogen (secondary N) is 1. The molecule has 2 N–H and O–H groups in total. The molecule has 0 heterocycles. The molecule has 0 aliphatic heterocycles. The van der Waals surface area contributed by atoms with Crippen molar-refractivity contribution in [2.45, 2.75) is 97.1 Å². The summed E-state index contributed by atoms with van der Waals surface area (Å²) < 4.78 is 5.18. The Morgan fingerprint density at radius 3 is 2.12 bits per heavy atom. The van der Waals surface area contributed by atoms with Crippen molar-refractivity contribution in [3.63, 3.8) is 0 Å². The highest BCUT2D eigenvalue weighted by Gasteiger charge is 2.51. The van der Waals surface area contributed by atoms with Crippen LogP contribution in [0.1, 0.15) is 95.0 Å². The van der Waals surface area contributed by atoms with E-state index in [0.717, 1.165) is 31.7 Å². The van der Waals surface area contributed by atoms with E-state index in [1.54, 1.807) is 26.0 Å². The molecule has 7 nitrogen and oxygen atoms in total. The minimum absolute atomic E-state index is 0.281. The predicted octanol–water partition coefficient (Wildman–Crippen LogP) is 4.46. The van der Waals surface area contributed by atoms with Gasteiger partial charge in [0.25, 0.3) is 0 Å². The van der Waals surface area contributed by atoms with Crippen molar-refractivity contribution in [2.24, 2.45) is 0 Å². The van der Waals surface area contributed by atoms with E-state index >= 15 is 0 Å². The number of esters is 1. The zero-order valence-corrected chi connectivity index (χ0v) is 19.7. The number of carbonyl (C=O) groups is 4. The molecule has 0 radical (unpaired) electrons. The molecule has 0 fully saturated rings. The fraction of sp³-hybridized carbons (Fsp3) is 0.600. The molecule has 0 aliphatic rings. The van der Waals surface area contributed by atoms with Gasteiger partial charge in [0.2, 0.25) is 11.4 Å². The smallest absolute Gasteiger partial charge is 0.344 e. The van der Waals surface area contributed by atoms with Crippen LogP contribution in [0.3, 0.4) is 0 Å². The Balaban J connectivity index is 2.89. The standard InChI is InChI=1S/C25H37NO6/c1-5-7-8-9-10-11-12-20-13-15-21(16-14-20)22(28)17-25(23(29)30,26-19(4)27)24(31)32-18(3)6-2/h13-16,18H,5-12,17H2,1-4H3,(H,26,27)(H,29,30). The van der Waals surface area contributed by atoms with Crippen LogP contribution in [0.25, 0.3) is 0 Å². The average molecular weight is 448 g/mol. The summed E-state index contributed by atoms with van der Waals surface area (Å²) in [5.74, 6) is -4.08. The number of carbonyl (C=O) groups excluding carboxylic acids is 3. The number of ether oxygens (including phenoxy) is 1. The van der Waals surface area contributed by atoms with Gasteiger partial charge in [-0.15, -0.1) is 0 Å². The number of hydrogen-bond acceptors (Lipinski definition) is 5. The number of carboxylic acids is 1. The number of unbranched alkanes of at least 4 members (excludes halogenated alkanes) is 5. The SMILES string of the molecule is CCCCCCCCc1ccc(C(=O)CC(NC(C)=O)(C(=O)O)C(=O)OC(C)CC)cc1. The van der Waals surface area contributed by atoms with Gasteiger partial charge in [0.05, 0.1) is 12.5 Å². The number of Topliss-reactive ketones (excluding diaryl/α,β-unsaturated/α-hetero) is 1.